The van der Waals surface area contributed by atoms with Crippen molar-refractivity contribution in [1.29, 1.82) is 0 Å². The van der Waals surface area contributed by atoms with E-state index in [0.717, 1.165) is 25.2 Å². The Labute approximate surface area is 144 Å². The van der Waals surface area contributed by atoms with Gasteiger partial charge in [-0.2, -0.15) is 0 Å². The van der Waals surface area contributed by atoms with Crippen LogP contribution in [-0.2, 0) is 11.8 Å². The Morgan fingerprint density at radius 2 is 2.16 bits per heavy atom. The van der Waals surface area contributed by atoms with Crippen LogP contribution >= 0.6 is 0 Å². The lowest BCUT2D eigenvalue weighted by molar-refractivity contribution is 0.000529. The van der Waals surface area contributed by atoms with Gasteiger partial charge in [-0.1, -0.05) is 0 Å². The maximum atomic E-state index is 13.1. The molecule has 0 spiro atoms. The number of hydrogen-bond acceptors (Lipinski definition) is 6. The highest BCUT2D eigenvalue weighted by Crippen LogP contribution is 2.31. The summed E-state index contributed by atoms with van der Waals surface area (Å²) in [6, 6.07) is -0.144. The van der Waals surface area contributed by atoms with Gasteiger partial charge in [-0.15, -0.1) is 0 Å². The van der Waals surface area contributed by atoms with Gasteiger partial charge in [0.25, 0.3) is 5.91 Å². The maximum Gasteiger partial charge on any atom is 0.287 e. The molecule has 3 atom stereocenters. The molecule has 0 unspecified atom stereocenters. The molecule has 132 valence electrons. The van der Waals surface area contributed by atoms with Crippen molar-refractivity contribution in [3.8, 4) is 0 Å². The minimum atomic E-state index is -0.473. The number of imidazole rings is 1. The van der Waals surface area contributed by atoms with Crippen molar-refractivity contribution in [2.75, 3.05) is 18.1 Å². The maximum absolute atomic E-state index is 13.1. The summed E-state index contributed by atoms with van der Waals surface area (Å²) in [7, 11) is 1.77. The average molecular weight is 346 g/mol. The van der Waals surface area contributed by atoms with Crippen molar-refractivity contribution in [3.63, 3.8) is 0 Å². The first-order valence-corrected chi connectivity index (χ1v) is 8.27. The molecular weight excluding hydrogens is 327 g/mol. The number of nitrogens with one attached hydrogen (secondary N) is 1. The van der Waals surface area contributed by atoms with Crippen LogP contribution in [0.4, 0.5) is 10.3 Å². The molecular formula is C16H19FN6O2. The van der Waals surface area contributed by atoms with Crippen LogP contribution in [0.15, 0.2) is 24.8 Å². The van der Waals surface area contributed by atoms with E-state index < -0.39 is 5.82 Å². The van der Waals surface area contributed by atoms with Crippen LogP contribution < -0.4 is 10.2 Å². The van der Waals surface area contributed by atoms with Gasteiger partial charge in [0.1, 0.15) is 0 Å². The van der Waals surface area contributed by atoms with Gasteiger partial charge in [0.05, 0.1) is 30.6 Å². The largest absolute Gasteiger partial charge is 0.374 e. The van der Waals surface area contributed by atoms with Gasteiger partial charge in [0.15, 0.2) is 11.6 Å². The van der Waals surface area contributed by atoms with Crippen LogP contribution in [0.2, 0.25) is 0 Å². The van der Waals surface area contributed by atoms with Gasteiger partial charge in [-0.3, -0.25) is 4.79 Å². The highest BCUT2D eigenvalue weighted by atomic mass is 19.1. The van der Waals surface area contributed by atoms with Crippen LogP contribution in [0.1, 0.15) is 23.5 Å². The zero-order valence-corrected chi connectivity index (χ0v) is 13.8. The van der Waals surface area contributed by atoms with Crippen molar-refractivity contribution < 1.29 is 13.9 Å². The summed E-state index contributed by atoms with van der Waals surface area (Å²) < 4.78 is 20.7. The minimum absolute atomic E-state index is 0.0610. The van der Waals surface area contributed by atoms with E-state index in [1.54, 1.807) is 24.0 Å². The topological polar surface area (TPSA) is 85.2 Å². The Morgan fingerprint density at radius 1 is 1.36 bits per heavy atom. The molecule has 2 aliphatic rings. The Kier molecular flexibility index (Phi) is 4.08. The number of carbonyl (C=O) groups is 1. The summed E-state index contributed by atoms with van der Waals surface area (Å²) in [4.78, 5) is 26.7. The van der Waals surface area contributed by atoms with Crippen molar-refractivity contribution in [2.24, 2.45) is 7.05 Å². The quantitative estimate of drug-likeness (QED) is 0.872. The molecule has 4 rings (SSSR count). The predicted molar refractivity (Wildman–Crippen MR) is 86.6 cm³/mol. The van der Waals surface area contributed by atoms with E-state index in [9.17, 15) is 9.18 Å². The fourth-order valence-corrected chi connectivity index (χ4v) is 3.58. The van der Waals surface area contributed by atoms with Gasteiger partial charge in [0, 0.05) is 32.6 Å². The number of hydrogen-bond donors (Lipinski definition) is 1. The highest BCUT2D eigenvalue weighted by Gasteiger charge is 2.46. The van der Waals surface area contributed by atoms with E-state index in [1.807, 2.05) is 4.90 Å². The SMILES string of the molecule is Cn1ccnc1C(=O)N[C@H]1CN(c2ncc(F)cn2)[C@H]2CCCO[C@@H]12. The summed E-state index contributed by atoms with van der Waals surface area (Å²) in [6.07, 6.45) is 7.32. The lowest BCUT2D eigenvalue weighted by atomic mass is 10.0. The number of carbonyl (C=O) groups excluding carboxylic acids is 1. The number of fused-ring (bicyclic) bond motifs is 1. The average Bonchev–Trinajstić information content (AvgIpc) is 3.20. The molecule has 1 N–H and O–H groups in total. The third kappa shape index (κ3) is 2.95. The van der Waals surface area contributed by atoms with Crippen LogP contribution in [0.25, 0.3) is 0 Å². The number of halogens is 1. The third-order valence-corrected chi connectivity index (χ3v) is 4.73. The first-order valence-electron chi connectivity index (χ1n) is 8.27. The molecule has 0 aromatic carbocycles. The van der Waals surface area contributed by atoms with Crippen molar-refractivity contribution in [1.82, 2.24) is 24.8 Å². The molecule has 2 aromatic rings. The second kappa shape index (κ2) is 6.40. The summed E-state index contributed by atoms with van der Waals surface area (Å²) in [5.74, 6) is 0.0887. The molecule has 25 heavy (non-hydrogen) atoms. The second-order valence-corrected chi connectivity index (χ2v) is 6.34. The fraction of sp³-hybridized carbons (Fsp3) is 0.500. The number of amides is 1. The van der Waals surface area contributed by atoms with E-state index >= 15 is 0 Å². The van der Waals surface area contributed by atoms with Crippen LogP contribution in [0.3, 0.4) is 0 Å². The number of rotatable bonds is 3. The molecule has 2 fully saturated rings. The van der Waals surface area contributed by atoms with Crippen molar-refractivity contribution >= 4 is 11.9 Å². The Bertz CT molecular complexity index is 764. The van der Waals surface area contributed by atoms with Gasteiger partial charge >= 0.3 is 0 Å². The molecule has 2 aliphatic heterocycles. The molecule has 2 saturated heterocycles. The molecule has 0 bridgehead atoms. The Morgan fingerprint density at radius 3 is 2.88 bits per heavy atom. The molecule has 4 heterocycles. The summed E-state index contributed by atoms with van der Waals surface area (Å²) >= 11 is 0. The first-order chi connectivity index (χ1) is 12.1. The number of aromatic nitrogens is 4. The molecule has 1 amide bonds. The van der Waals surface area contributed by atoms with Crippen LogP contribution in [0, 0.1) is 5.82 Å². The molecule has 8 nitrogen and oxygen atoms in total. The van der Waals surface area contributed by atoms with Gasteiger partial charge in [0.2, 0.25) is 5.95 Å². The smallest absolute Gasteiger partial charge is 0.287 e. The summed E-state index contributed by atoms with van der Waals surface area (Å²) in [5.41, 5.74) is 0. The third-order valence-electron chi connectivity index (χ3n) is 4.73. The number of aryl methyl sites for hydroxylation is 1. The minimum Gasteiger partial charge on any atom is -0.374 e. The zero-order chi connectivity index (χ0) is 17.4. The second-order valence-electron chi connectivity index (χ2n) is 6.34. The molecule has 9 heteroatoms. The van der Waals surface area contributed by atoms with Crippen LogP contribution in [-0.4, -0.2) is 56.8 Å². The molecule has 2 aromatic heterocycles. The van der Waals surface area contributed by atoms with E-state index in [1.165, 1.54) is 0 Å². The Balaban J connectivity index is 1.55. The lowest BCUT2D eigenvalue weighted by Gasteiger charge is -2.32. The standard InChI is InChI=1S/C16H19FN6O2/c1-22-5-4-18-14(22)15(24)21-11-9-23(12-3-2-6-25-13(11)12)16-19-7-10(17)8-20-16/h4-5,7-8,11-13H,2-3,6,9H2,1H3,(H,21,24)/t11-,12-,13-/m0/s1. The molecule has 0 radical (unpaired) electrons. The van der Waals surface area contributed by atoms with Gasteiger partial charge in [-0.25, -0.2) is 19.3 Å². The summed E-state index contributed by atoms with van der Waals surface area (Å²) in [5, 5.41) is 3.01. The van der Waals surface area contributed by atoms with Crippen molar-refractivity contribution in [2.45, 2.75) is 31.0 Å². The van der Waals surface area contributed by atoms with Gasteiger partial charge in [-0.05, 0) is 12.8 Å². The first kappa shape index (κ1) is 15.9. The number of anilines is 1. The Hall–Kier alpha value is -2.55. The van der Waals surface area contributed by atoms with Crippen LogP contribution in [0.5, 0.6) is 0 Å². The predicted octanol–water partition coefficient (Wildman–Crippen LogP) is 0.515. The lowest BCUT2D eigenvalue weighted by Crippen LogP contribution is -2.48. The zero-order valence-electron chi connectivity index (χ0n) is 13.8. The van der Waals surface area contributed by atoms with Crippen molar-refractivity contribution in [3.05, 3.63) is 36.4 Å². The van der Waals surface area contributed by atoms with E-state index in [-0.39, 0.29) is 24.1 Å². The summed E-state index contributed by atoms with van der Waals surface area (Å²) in [6.45, 7) is 1.17. The van der Waals surface area contributed by atoms with Gasteiger partial charge < -0.3 is 19.5 Å². The van der Waals surface area contributed by atoms with E-state index in [0.29, 0.717) is 24.9 Å². The number of nitrogens with zero attached hydrogens (tertiary/aromatic N) is 5. The molecule has 0 saturated carbocycles. The monoisotopic (exact) mass is 346 g/mol. The molecule has 0 aliphatic carbocycles. The normalized spacial score (nSPS) is 25.7. The van der Waals surface area contributed by atoms with E-state index in [4.69, 9.17) is 4.74 Å². The highest BCUT2D eigenvalue weighted by molar-refractivity contribution is 5.91. The van der Waals surface area contributed by atoms with E-state index in [2.05, 4.69) is 20.3 Å². The number of ether oxygens (including phenoxy) is 1. The fourth-order valence-electron chi connectivity index (χ4n) is 3.58.